The molecule has 0 bridgehead atoms. The molecule has 11 heavy (non-hydrogen) atoms. The van der Waals surface area contributed by atoms with Gasteiger partial charge in [-0.25, -0.2) is 0 Å². The summed E-state index contributed by atoms with van der Waals surface area (Å²) in [5, 5.41) is 0. The first kappa shape index (κ1) is 6.68. The smallest absolute Gasteiger partial charge is 0.0485 e. The van der Waals surface area contributed by atoms with E-state index in [2.05, 4.69) is 17.6 Å². The lowest BCUT2D eigenvalue weighted by molar-refractivity contribution is 1.13. The maximum Gasteiger partial charge on any atom is 0.0485 e. The summed E-state index contributed by atoms with van der Waals surface area (Å²) in [7, 11) is 0. The topological polar surface area (TPSA) is 38.0 Å². The molecular formula is C9H12N2. The Balaban J connectivity index is 2.19. The third-order valence-electron chi connectivity index (χ3n) is 2.13. The maximum absolute atomic E-state index is 5.24. The Labute approximate surface area is 66.4 Å². The van der Waals surface area contributed by atoms with Gasteiger partial charge in [-0.3, -0.25) is 5.84 Å². The molecule has 0 amide bonds. The van der Waals surface area contributed by atoms with Crippen molar-refractivity contribution < 1.29 is 0 Å². The van der Waals surface area contributed by atoms with E-state index in [1.54, 1.807) is 0 Å². The Morgan fingerprint density at radius 2 is 1.82 bits per heavy atom. The third kappa shape index (κ3) is 1.35. The van der Waals surface area contributed by atoms with Crippen molar-refractivity contribution in [1.82, 2.24) is 0 Å². The monoisotopic (exact) mass is 148 g/mol. The second kappa shape index (κ2) is 2.55. The number of nitrogen functional groups attached to an aromatic ring is 1. The van der Waals surface area contributed by atoms with Gasteiger partial charge in [0, 0.05) is 5.69 Å². The van der Waals surface area contributed by atoms with Gasteiger partial charge in [0.15, 0.2) is 0 Å². The molecule has 1 saturated carbocycles. The van der Waals surface area contributed by atoms with Gasteiger partial charge in [-0.1, -0.05) is 12.1 Å². The number of hydrazine groups is 1. The van der Waals surface area contributed by atoms with Crippen LogP contribution in [0.15, 0.2) is 24.3 Å². The number of nitrogens with two attached hydrogens (primary N) is 1. The second-order valence-electron chi connectivity index (χ2n) is 3.04. The van der Waals surface area contributed by atoms with Crippen molar-refractivity contribution in [2.75, 3.05) is 5.43 Å². The van der Waals surface area contributed by atoms with E-state index in [1.165, 1.54) is 18.4 Å². The van der Waals surface area contributed by atoms with Crippen LogP contribution in [0.1, 0.15) is 24.3 Å². The molecule has 3 N–H and O–H groups in total. The van der Waals surface area contributed by atoms with E-state index in [0.717, 1.165) is 11.6 Å². The Kier molecular flexibility index (Phi) is 1.55. The minimum Gasteiger partial charge on any atom is -0.324 e. The third-order valence-corrected chi connectivity index (χ3v) is 2.13. The summed E-state index contributed by atoms with van der Waals surface area (Å²) in [5.41, 5.74) is 5.04. The Morgan fingerprint density at radius 3 is 2.27 bits per heavy atom. The molecule has 0 heterocycles. The first-order chi connectivity index (χ1) is 5.40. The molecule has 0 aliphatic heterocycles. The van der Waals surface area contributed by atoms with Gasteiger partial charge in [0.25, 0.3) is 0 Å². The molecule has 2 heteroatoms. The Morgan fingerprint density at radius 1 is 1.18 bits per heavy atom. The van der Waals surface area contributed by atoms with Crippen LogP contribution in [0, 0.1) is 0 Å². The number of rotatable bonds is 2. The van der Waals surface area contributed by atoms with Crippen LogP contribution in [0.5, 0.6) is 0 Å². The fraction of sp³-hybridized carbons (Fsp3) is 0.333. The SMILES string of the molecule is NNc1ccc(C2CC2)cc1. The van der Waals surface area contributed by atoms with Crippen molar-refractivity contribution in [1.29, 1.82) is 0 Å². The van der Waals surface area contributed by atoms with Gasteiger partial charge in [-0.2, -0.15) is 0 Å². The molecular weight excluding hydrogens is 136 g/mol. The summed E-state index contributed by atoms with van der Waals surface area (Å²) in [6, 6.07) is 8.33. The maximum atomic E-state index is 5.24. The molecule has 0 saturated heterocycles. The fourth-order valence-corrected chi connectivity index (χ4v) is 1.27. The number of nitrogens with one attached hydrogen (secondary N) is 1. The van der Waals surface area contributed by atoms with Gasteiger partial charge < -0.3 is 5.43 Å². The zero-order valence-corrected chi connectivity index (χ0v) is 6.38. The van der Waals surface area contributed by atoms with Crippen molar-refractivity contribution in [2.24, 2.45) is 5.84 Å². The molecule has 0 radical (unpaired) electrons. The Hall–Kier alpha value is -1.02. The molecule has 0 unspecified atom stereocenters. The molecule has 0 atom stereocenters. The highest BCUT2D eigenvalue weighted by Crippen LogP contribution is 2.40. The van der Waals surface area contributed by atoms with Crippen LogP contribution in [0.4, 0.5) is 5.69 Å². The Bertz CT molecular complexity index is 236. The predicted molar refractivity (Wildman–Crippen MR) is 46.2 cm³/mol. The van der Waals surface area contributed by atoms with Crippen molar-refractivity contribution in [3.63, 3.8) is 0 Å². The number of hydrogen-bond acceptors (Lipinski definition) is 2. The highest BCUT2D eigenvalue weighted by Gasteiger charge is 2.22. The first-order valence-electron chi connectivity index (χ1n) is 3.97. The van der Waals surface area contributed by atoms with Crippen LogP contribution in [-0.2, 0) is 0 Å². The fourth-order valence-electron chi connectivity index (χ4n) is 1.27. The van der Waals surface area contributed by atoms with Crippen LogP contribution in [-0.4, -0.2) is 0 Å². The standard InChI is InChI=1S/C9H12N2/c10-11-9-5-3-8(4-6-9)7-1-2-7/h3-7,11H,1-2,10H2. The van der Waals surface area contributed by atoms with Crippen LogP contribution in [0.3, 0.4) is 0 Å². The molecule has 1 fully saturated rings. The molecule has 1 aromatic carbocycles. The lowest BCUT2D eigenvalue weighted by Gasteiger charge is -2.00. The van der Waals surface area contributed by atoms with Gasteiger partial charge in [-0.15, -0.1) is 0 Å². The average molecular weight is 148 g/mol. The largest absolute Gasteiger partial charge is 0.324 e. The van der Waals surface area contributed by atoms with Gasteiger partial charge in [-0.05, 0) is 36.5 Å². The lowest BCUT2D eigenvalue weighted by atomic mass is 10.1. The van der Waals surface area contributed by atoms with Crippen LogP contribution < -0.4 is 11.3 Å². The number of hydrogen-bond donors (Lipinski definition) is 2. The highest BCUT2D eigenvalue weighted by molar-refractivity contribution is 5.44. The number of benzene rings is 1. The molecule has 1 aliphatic rings. The van der Waals surface area contributed by atoms with Crippen molar-refractivity contribution in [3.05, 3.63) is 29.8 Å². The summed E-state index contributed by atoms with van der Waals surface area (Å²) < 4.78 is 0. The molecule has 1 aliphatic carbocycles. The second-order valence-corrected chi connectivity index (χ2v) is 3.04. The minimum atomic E-state index is 0.835. The van der Waals surface area contributed by atoms with Crippen LogP contribution in [0.2, 0.25) is 0 Å². The van der Waals surface area contributed by atoms with Crippen molar-refractivity contribution in [2.45, 2.75) is 18.8 Å². The van der Waals surface area contributed by atoms with Crippen molar-refractivity contribution in [3.8, 4) is 0 Å². The first-order valence-corrected chi connectivity index (χ1v) is 3.97. The summed E-state index contributed by atoms with van der Waals surface area (Å²) in [6.07, 6.45) is 2.71. The summed E-state index contributed by atoms with van der Waals surface area (Å²) >= 11 is 0. The van der Waals surface area contributed by atoms with Crippen LogP contribution >= 0.6 is 0 Å². The van der Waals surface area contributed by atoms with E-state index >= 15 is 0 Å². The summed E-state index contributed by atoms with van der Waals surface area (Å²) in [4.78, 5) is 0. The zero-order chi connectivity index (χ0) is 7.68. The highest BCUT2D eigenvalue weighted by atomic mass is 15.2. The van der Waals surface area contributed by atoms with Gasteiger partial charge >= 0.3 is 0 Å². The summed E-state index contributed by atoms with van der Waals surface area (Å²) in [6.45, 7) is 0. The van der Waals surface area contributed by atoms with E-state index in [9.17, 15) is 0 Å². The molecule has 0 spiro atoms. The molecule has 0 aromatic heterocycles. The molecule has 1 aromatic rings. The van der Waals surface area contributed by atoms with Crippen molar-refractivity contribution >= 4 is 5.69 Å². The van der Waals surface area contributed by atoms with Gasteiger partial charge in [0.1, 0.15) is 0 Å². The average Bonchev–Trinajstić information content (AvgIpc) is 2.87. The zero-order valence-electron chi connectivity index (χ0n) is 6.38. The van der Waals surface area contributed by atoms with Gasteiger partial charge in [0.2, 0.25) is 0 Å². The summed E-state index contributed by atoms with van der Waals surface area (Å²) in [5.74, 6) is 6.08. The van der Waals surface area contributed by atoms with E-state index in [4.69, 9.17) is 5.84 Å². The lowest BCUT2D eigenvalue weighted by Crippen LogP contribution is -2.06. The quantitative estimate of drug-likeness (QED) is 0.496. The normalized spacial score (nSPS) is 16.5. The minimum absolute atomic E-state index is 0.835. The van der Waals surface area contributed by atoms with E-state index < -0.39 is 0 Å². The molecule has 58 valence electrons. The van der Waals surface area contributed by atoms with E-state index in [1.807, 2.05) is 12.1 Å². The molecule has 2 nitrogen and oxygen atoms in total. The van der Waals surface area contributed by atoms with E-state index in [-0.39, 0.29) is 0 Å². The predicted octanol–water partition coefficient (Wildman–Crippen LogP) is 1.85. The van der Waals surface area contributed by atoms with Gasteiger partial charge in [0.05, 0.1) is 0 Å². The molecule has 2 rings (SSSR count). The van der Waals surface area contributed by atoms with E-state index in [0.29, 0.717) is 0 Å². The van der Waals surface area contributed by atoms with Crippen LogP contribution in [0.25, 0.3) is 0 Å². The number of anilines is 1.